The van der Waals surface area contributed by atoms with Crippen LogP contribution < -0.4 is 0 Å². The van der Waals surface area contributed by atoms with Crippen molar-refractivity contribution in [3.8, 4) is 5.69 Å². The number of imidazole rings is 1. The molecule has 0 spiro atoms. The zero-order valence-corrected chi connectivity index (χ0v) is 9.86. The Hall–Kier alpha value is -1.61. The summed E-state index contributed by atoms with van der Waals surface area (Å²) in [7, 11) is 0. The monoisotopic (exact) mass is 216 g/mol. The van der Waals surface area contributed by atoms with Gasteiger partial charge in [-0.05, 0) is 38.0 Å². The number of benzene rings is 1. The van der Waals surface area contributed by atoms with Crippen LogP contribution in [0.3, 0.4) is 0 Å². The number of nitrogens with zero attached hydrogens (tertiary/aromatic N) is 2. The lowest BCUT2D eigenvalue weighted by molar-refractivity contribution is 0.281. The van der Waals surface area contributed by atoms with Crippen molar-refractivity contribution >= 4 is 0 Å². The Labute approximate surface area is 95.4 Å². The molecule has 1 aromatic carbocycles. The fraction of sp³-hybridized carbons (Fsp3) is 0.308. The number of aryl methyl sites for hydroxylation is 3. The molecule has 0 unspecified atom stereocenters. The topological polar surface area (TPSA) is 38.0 Å². The first-order valence-electron chi connectivity index (χ1n) is 5.33. The highest BCUT2D eigenvalue weighted by molar-refractivity contribution is 5.47. The molecular formula is C13H16N2O. The molecule has 0 atom stereocenters. The van der Waals surface area contributed by atoms with Crippen molar-refractivity contribution in [2.45, 2.75) is 27.4 Å². The molecule has 2 aromatic rings. The van der Waals surface area contributed by atoms with Gasteiger partial charge >= 0.3 is 0 Å². The van der Waals surface area contributed by atoms with Gasteiger partial charge in [-0.1, -0.05) is 6.07 Å². The molecular weight excluding hydrogens is 200 g/mol. The first kappa shape index (κ1) is 10.9. The van der Waals surface area contributed by atoms with Gasteiger partial charge in [0, 0.05) is 11.8 Å². The molecule has 0 amide bonds. The summed E-state index contributed by atoms with van der Waals surface area (Å²) in [4.78, 5) is 4.20. The van der Waals surface area contributed by atoms with Crippen molar-refractivity contribution in [1.82, 2.24) is 9.55 Å². The smallest absolute Gasteiger partial charge is 0.0995 e. The van der Waals surface area contributed by atoms with Crippen molar-refractivity contribution in [3.63, 3.8) is 0 Å². The van der Waals surface area contributed by atoms with Crippen LogP contribution in [0.4, 0.5) is 0 Å². The Morgan fingerprint density at radius 2 is 1.88 bits per heavy atom. The van der Waals surface area contributed by atoms with Gasteiger partial charge in [-0.25, -0.2) is 4.98 Å². The minimum Gasteiger partial charge on any atom is -0.392 e. The van der Waals surface area contributed by atoms with Crippen molar-refractivity contribution in [1.29, 1.82) is 0 Å². The average Bonchev–Trinajstić information content (AvgIpc) is 2.68. The molecule has 0 aliphatic carbocycles. The number of hydrogen-bond acceptors (Lipinski definition) is 2. The Kier molecular flexibility index (Phi) is 2.79. The van der Waals surface area contributed by atoms with E-state index < -0.39 is 0 Å². The molecule has 84 valence electrons. The number of hydrogen-bond donors (Lipinski definition) is 1. The standard InChI is InChI=1S/C13H16N2O/c1-9-4-12(7-16)13(5-10(9)2)15-6-11(3)14-8-15/h4-6,8,16H,7H2,1-3H3. The Balaban J connectivity index is 2.59. The second kappa shape index (κ2) is 4.10. The first-order chi connectivity index (χ1) is 7.61. The number of aliphatic hydroxyl groups excluding tert-OH is 1. The van der Waals surface area contributed by atoms with E-state index in [0.29, 0.717) is 0 Å². The largest absolute Gasteiger partial charge is 0.392 e. The highest BCUT2D eigenvalue weighted by Crippen LogP contribution is 2.20. The van der Waals surface area contributed by atoms with E-state index in [9.17, 15) is 5.11 Å². The highest BCUT2D eigenvalue weighted by Gasteiger charge is 2.06. The van der Waals surface area contributed by atoms with Gasteiger partial charge in [0.15, 0.2) is 0 Å². The molecule has 1 aromatic heterocycles. The van der Waals surface area contributed by atoms with E-state index >= 15 is 0 Å². The van der Waals surface area contributed by atoms with Crippen LogP contribution in [0.1, 0.15) is 22.4 Å². The molecule has 0 aliphatic rings. The maximum Gasteiger partial charge on any atom is 0.0995 e. The SMILES string of the molecule is Cc1cn(-c2cc(C)c(C)cc2CO)cn1. The summed E-state index contributed by atoms with van der Waals surface area (Å²) in [6.45, 7) is 6.13. The van der Waals surface area contributed by atoms with Gasteiger partial charge in [-0.15, -0.1) is 0 Å². The zero-order chi connectivity index (χ0) is 11.7. The van der Waals surface area contributed by atoms with Gasteiger partial charge in [0.1, 0.15) is 0 Å². The predicted molar refractivity (Wildman–Crippen MR) is 63.7 cm³/mol. The van der Waals surface area contributed by atoms with Gasteiger partial charge < -0.3 is 9.67 Å². The van der Waals surface area contributed by atoms with E-state index in [0.717, 1.165) is 16.9 Å². The minimum absolute atomic E-state index is 0.0493. The molecule has 3 nitrogen and oxygen atoms in total. The van der Waals surface area contributed by atoms with E-state index in [1.165, 1.54) is 11.1 Å². The van der Waals surface area contributed by atoms with Crippen molar-refractivity contribution < 1.29 is 5.11 Å². The molecule has 1 N–H and O–H groups in total. The van der Waals surface area contributed by atoms with Gasteiger partial charge in [0.05, 0.1) is 24.3 Å². The van der Waals surface area contributed by atoms with Crippen LogP contribution in [0.25, 0.3) is 5.69 Å². The average molecular weight is 216 g/mol. The van der Waals surface area contributed by atoms with E-state index in [1.807, 2.05) is 23.8 Å². The van der Waals surface area contributed by atoms with E-state index in [1.54, 1.807) is 6.33 Å². The fourth-order valence-electron chi connectivity index (χ4n) is 1.78. The number of rotatable bonds is 2. The van der Waals surface area contributed by atoms with Crippen LogP contribution in [0.2, 0.25) is 0 Å². The lowest BCUT2D eigenvalue weighted by atomic mass is 10.0. The Morgan fingerprint density at radius 3 is 2.44 bits per heavy atom. The minimum atomic E-state index is 0.0493. The van der Waals surface area contributed by atoms with Crippen LogP contribution >= 0.6 is 0 Å². The van der Waals surface area contributed by atoms with Gasteiger partial charge in [0.2, 0.25) is 0 Å². The molecule has 0 fully saturated rings. The van der Waals surface area contributed by atoms with E-state index in [2.05, 4.69) is 24.9 Å². The van der Waals surface area contributed by atoms with Gasteiger partial charge in [-0.3, -0.25) is 0 Å². The third kappa shape index (κ3) is 1.86. The van der Waals surface area contributed by atoms with Crippen LogP contribution in [-0.4, -0.2) is 14.7 Å². The molecule has 0 aliphatic heterocycles. The van der Waals surface area contributed by atoms with Crippen molar-refractivity contribution in [3.05, 3.63) is 47.0 Å². The van der Waals surface area contributed by atoms with E-state index in [-0.39, 0.29) is 6.61 Å². The summed E-state index contributed by atoms with van der Waals surface area (Å²) in [5.74, 6) is 0. The Morgan fingerprint density at radius 1 is 1.19 bits per heavy atom. The maximum absolute atomic E-state index is 9.37. The number of aromatic nitrogens is 2. The molecule has 3 heteroatoms. The maximum atomic E-state index is 9.37. The molecule has 2 rings (SSSR count). The first-order valence-corrected chi connectivity index (χ1v) is 5.33. The van der Waals surface area contributed by atoms with Crippen molar-refractivity contribution in [2.75, 3.05) is 0 Å². The third-order valence-corrected chi connectivity index (χ3v) is 2.86. The molecule has 0 saturated heterocycles. The number of aliphatic hydroxyl groups is 1. The molecule has 0 saturated carbocycles. The Bertz CT molecular complexity index is 515. The highest BCUT2D eigenvalue weighted by atomic mass is 16.3. The normalized spacial score (nSPS) is 10.8. The summed E-state index contributed by atoms with van der Waals surface area (Å²) < 4.78 is 1.95. The van der Waals surface area contributed by atoms with E-state index in [4.69, 9.17) is 0 Å². The second-order valence-corrected chi connectivity index (χ2v) is 4.15. The lowest BCUT2D eigenvalue weighted by Gasteiger charge is -2.11. The molecule has 0 bridgehead atoms. The van der Waals surface area contributed by atoms with Gasteiger partial charge in [-0.2, -0.15) is 0 Å². The fourth-order valence-corrected chi connectivity index (χ4v) is 1.78. The summed E-state index contributed by atoms with van der Waals surface area (Å²) in [6, 6.07) is 4.11. The lowest BCUT2D eigenvalue weighted by Crippen LogP contribution is -1.99. The summed E-state index contributed by atoms with van der Waals surface area (Å²) in [5.41, 5.74) is 5.33. The molecule has 1 heterocycles. The van der Waals surface area contributed by atoms with Crippen LogP contribution in [-0.2, 0) is 6.61 Å². The van der Waals surface area contributed by atoms with Crippen LogP contribution in [0.5, 0.6) is 0 Å². The summed E-state index contributed by atoms with van der Waals surface area (Å²) in [5, 5.41) is 9.37. The summed E-state index contributed by atoms with van der Waals surface area (Å²) in [6.07, 6.45) is 3.74. The summed E-state index contributed by atoms with van der Waals surface area (Å²) >= 11 is 0. The predicted octanol–water partition coefficient (Wildman–Crippen LogP) is 2.29. The second-order valence-electron chi connectivity index (χ2n) is 4.15. The zero-order valence-electron chi connectivity index (χ0n) is 9.86. The van der Waals surface area contributed by atoms with Crippen LogP contribution in [0.15, 0.2) is 24.7 Å². The van der Waals surface area contributed by atoms with Crippen LogP contribution in [0, 0.1) is 20.8 Å². The van der Waals surface area contributed by atoms with Crippen molar-refractivity contribution in [2.24, 2.45) is 0 Å². The molecule has 16 heavy (non-hydrogen) atoms. The third-order valence-electron chi connectivity index (χ3n) is 2.86. The molecule has 0 radical (unpaired) electrons. The quantitative estimate of drug-likeness (QED) is 0.836. The van der Waals surface area contributed by atoms with Gasteiger partial charge in [0.25, 0.3) is 0 Å².